The van der Waals surface area contributed by atoms with E-state index < -0.39 is 12.1 Å². The van der Waals surface area contributed by atoms with Gasteiger partial charge < -0.3 is 10.2 Å². The molecule has 0 saturated carbocycles. The topological polar surface area (TPSA) is 87.7 Å². The maximum Gasteiger partial charge on any atom is 0.261 e. The van der Waals surface area contributed by atoms with Gasteiger partial charge in [-0.05, 0) is 36.8 Å². The van der Waals surface area contributed by atoms with E-state index in [-0.39, 0.29) is 18.6 Å². The Kier molecular flexibility index (Phi) is 7.29. The van der Waals surface area contributed by atoms with Gasteiger partial charge in [0.1, 0.15) is 0 Å². The van der Waals surface area contributed by atoms with Crippen molar-refractivity contribution in [2.75, 3.05) is 19.4 Å². The summed E-state index contributed by atoms with van der Waals surface area (Å²) < 4.78 is 1.93. The number of aliphatic hydroxyl groups excluding tert-OH is 2. The molecule has 8 heteroatoms. The van der Waals surface area contributed by atoms with E-state index in [9.17, 15) is 15.0 Å². The van der Waals surface area contributed by atoms with Crippen LogP contribution in [0.2, 0.25) is 0 Å². The standard InChI is InChI=1S/C21H24ClN3O3S/c1-13(27)18(7-9-26)25-12-24-19-16-6-4-3-5-15(16)14(11-17(19)20(25)28)8-10-29-21(22)23-2/h3-6,11-13,18,26-27H,7-10H2,1-2H3. The molecule has 0 amide bonds. The van der Waals surface area contributed by atoms with Crippen LogP contribution in [0.25, 0.3) is 21.7 Å². The number of thioether (sulfide) groups is 1. The lowest BCUT2D eigenvalue weighted by Crippen LogP contribution is -2.32. The molecule has 0 saturated heterocycles. The van der Waals surface area contributed by atoms with Gasteiger partial charge in [-0.3, -0.25) is 14.4 Å². The third-order valence-corrected chi connectivity index (χ3v) is 6.31. The minimum absolute atomic E-state index is 0.125. The van der Waals surface area contributed by atoms with Gasteiger partial charge in [-0.15, -0.1) is 0 Å². The predicted octanol–water partition coefficient (Wildman–Crippen LogP) is 3.35. The molecule has 2 aromatic carbocycles. The summed E-state index contributed by atoms with van der Waals surface area (Å²) in [4.78, 5) is 21.8. The van der Waals surface area contributed by atoms with E-state index in [1.54, 1.807) is 14.0 Å². The lowest BCUT2D eigenvalue weighted by Gasteiger charge is -2.22. The molecule has 2 unspecified atom stereocenters. The van der Waals surface area contributed by atoms with Crippen LogP contribution in [0, 0.1) is 0 Å². The highest BCUT2D eigenvalue weighted by atomic mass is 35.5. The first-order valence-electron chi connectivity index (χ1n) is 9.43. The van der Waals surface area contributed by atoms with E-state index in [0.717, 1.165) is 28.5 Å². The molecule has 2 N–H and O–H groups in total. The Morgan fingerprint density at radius 3 is 2.69 bits per heavy atom. The van der Waals surface area contributed by atoms with Crippen molar-refractivity contribution in [3.05, 3.63) is 52.6 Å². The van der Waals surface area contributed by atoms with Crippen molar-refractivity contribution in [2.24, 2.45) is 4.99 Å². The summed E-state index contributed by atoms with van der Waals surface area (Å²) in [5, 5.41) is 21.9. The molecule has 2 atom stereocenters. The predicted molar refractivity (Wildman–Crippen MR) is 121 cm³/mol. The van der Waals surface area contributed by atoms with Crippen molar-refractivity contribution in [1.82, 2.24) is 9.55 Å². The molecule has 1 heterocycles. The van der Waals surface area contributed by atoms with Crippen LogP contribution in [0.5, 0.6) is 0 Å². The van der Waals surface area contributed by atoms with Crippen LogP contribution >= 0.6 is 23.4 Å². The monoisotopic (exact) mass is 433 g/mol. The summed E-state index contributed by atoms with van der Waals surface area (Å²) in [6, 6.07) is 9.25. The maximum absolute atomic E-state index is 13.3. The van der Waals surface area contributed by atoms with Crippen LogP contribution in [0.3, 0.4) is 0 Å². The summed E-state index contributed by atoms with van der Waals surface area (Å²) in [6.07, 6.45) is 1.68. The van der Waals surface area contributed by atoms with Gasteiger partial charge in [-0.2, -0.15) is 0 Å². The molecule has 29 heavy (non-hydrogen) atoms. The second kappa shape index (κ2) is 9.71. The first-order valence-corrected chi connectivity index (χ1v) is 10.8. The molecule has 0 spiro atoms. The molecule has 0 fully saturated rings. The number of rotatable bonds is 7. The lowest BCUT2D eigenvalue weighted by molar-refractivity contribution is 0.107. The number of aliphatic hydroxyl groups is 2. The zero-order valence-electron chi connectivity index (χ0n) is 16.4. The summed E-state index contributed by atoms with van der Waals surface area (Å²) >= 11 is 7.45. The minimum atomic E-state index is -0.786. The highest BCUT2D eigenvalue weighted by molar-refractivity contribution is 8.16. The Bertz CT molecular complexity index is 1100. The van der Waals surface area contributed by atoms with Crippen molar-refractivity contribution in [1.29, 1.82) is 0 Å². The largest absolute Gasteiger partial charge is 0.396 e. The van der Waals surface area contributed by atoms with Crippen molar-refractivity contribution in [2.45, 2.75) is 31.9 Å². The van der Waals surface area contributed by atoms with Crippen LogP contribution in [0.1, 0.15) is 24.9 Å². The van der Waals surface area contributed by atoms with Gasteiger partial charge in [-0.1, -0.05) is 47.6 Å². The SMILES string of the molecule is CN=C(Cl)SCCc1cc2c(=O)n(C(CCO)C(C)O)cnc2c2ccccc12. The van der Waals surface area contributed by atoms with Crippen molar-refractivity contribution < 1.29 is 10.2 Å². The number of aryl methyl sites for hydroxylation is 1. The molecule has 0 aliphatic heterocycles. The Balaban J connectivity index is 2.15. The number of fused-ring (bicyclic) bond motifs is 3. The average Bonchev–Trinajstić information content (AvgIpc) is 2.72. The van der Waals surface area contributed by atoms with Crippen LogP contribution in [-0.2, 0) is 6.42 Å². The Morgan fingerprint density at radius 2 is 2.03 bits per heavy atom. The third-order valence-electron chi connectivity index (χ3n) is 4.99. The quantitative estimate of drug-likeness (QED) is 0.339. The van der Waals surface area contributed by atoms with Crippen molar-refractivity contribution in [3.8, 4) is 0 Å². The minimum Gasteiger partial charge on any atom is -0.396 e. The van der Waals surface area contributed by atoms with Crippen molar-refractivity contribution >= 4 is 49.5 Å². The summed E-state index contributed by atoms with van der Waals surface area (Å²) in [6.45, 7) is 1.49. The van der Waals surface area contributed by atoms with Gasteiger partial charge in [0.25, 0.3) is 5.56 Å². The van der Waals surface area contributed by atoms with Gasteiger partial charge in [-0.25, -0.2) is 4.98 Å². The smallest absolute Gasteiger partial charge is 0.261 e. The van der Waals surface area contributed by atoms with E-state index in [0.29, 0.717) is 15.4 Å². The number of benzene rings is 2. The van der Waals surface area contributed by atoms with Gasteiger partial charge in [0, 0.05) is 24.8 Å². The normalized spacial score (nSPS) is 14.4. The van der Waals surface area contributed by atoms with E-state index in [4.69, 9.17) is 11.6 Å². The zero-order chi connectivity index (χ0) is 21.0. The number of hydrogen-bond donors (Lipinski definition) is 2. The Hall–Kier alpha value is -1.93. The van der Waals surface area contributed by atoms with Gasteiger partial charge >= 0.3 is 0 Å². The van der Waals surface area contributed by atoms with E-state index >= 15 is 0 Å². The molecule has 0 aliphatic carbocycles. The zero-order valence-corrected chi connectivity index (χ0v) is 18.0. The molecule has 1 aromatic heterocycles. The van der Waals surface area contributed by atoms with Crippen LogP contribution in [0.4, 0.5) is 0 Å². The number of hydrogen-bond acceptors (Lipinski definition) is 6. The third kappa shape index (κ3) is 4.64. The summed E-state index contributed by atoms with van der Waals surface area (Å²) in [5.41, 5.74) is 1.45. The molecule has 3 rings (SSSR count). The molecule has 154 valence electrons. The first kappa shape index (κ1) is 21.8. The van der Waals surface area contributed by atoms with Gasteiger partial charge in [0.15, 0.2) is 4.50 Å². The molecular weight excluding hydrogens is 410 g/mol. The molecule has 0 bridgehead atoms. The molecular formula is C21H24ClN3O3S. The first-order chi connectivity index (χ1) is 14.0. The fourth-order valence-corrected chi connectivity index (χ4v) is 4.40. The second-order valence-electron chi connectivity index (χ2n) is 6.83. The van der Waals surface area contributed by atoms with Crippen LogP contribution in [0.15, 0.2) is 46.4 Å². The highest BCUT2D eigenvalue weighted by Crippen LogP contribution is 2.28. The van der Waals surface area contributed by atoms with Gasteiger partial charge in [0.05, 0.1) is 29.4 Å². The van der Waals surface area contributed by atoms with E-state index in [2.05, 4.69) is 9.98 Å². The van der Waals surface area contributed by atoms with Crippen LogP contribution < -0.4 is 5.56 Å². The maximum atomic E-state index is 13.3. The van der Waals surface area contributed by atoms with E-state index in [1.807, 2.05) is 30.3 Å². The fourth-order valence-electron chi connectivity index (χ4n) is 3.55. The molecule has 0 radical (unpaired) electrons. The van der Waals surface area contributed by atoms with Gasteiger partial charge in [0.2, 0.25) is 0 Å². The number of aromatic nitrogens is 2. The summed E-state index contributed by atoms with van der Waals surface area (Å²) in [5.74, 6) is 0.737. The highest BCUT2D eigenvalue weighted by Gasteiger charge is 2.20. The fraction of sp³-hybridized carbons (Fsp3) is 0.381. The number of nitrogens with zero attached hydrogens (tertiary/aromatic N) is 3. The Morgan fingerprint density at radius 1 is 1.31 bits per heavy atom. The van der Waals surface area contributed by atoms with Crippen LogP contribution in [-0.4, -0.2) is 49.8 Å². The molecule has 0 aliphatic rings. The van der Waals surface area contributed by atoms with Crippen molar-refractivity contribution in [3.63, 3.8) is 0 Å². The second-order valence-corrected chi connectivity index (χ2v) is 8.50. The number of halogens is 1. The Labute approximate surface area is 178 Å². The van der Waals surface area contributed by atoms with E-state index in [1.165, 1.54) is 22.7 Å². The lowest BCUT2D eigenvalue weighted by atomic mass is 9.99. The average molecular weight is 434 g/mol. The number of aliphatic imine (C=N–C) groups is 1. The molecule has 6 nitrogen and oxygen atoms in total. The summed E-state index contributed by atoms with van der Waals surface area (Å²) in [7, 11) is 1.65. The molecule has 3 aromatic rings.